The molecule has 0 spiro atoms. The largest absolute Gasteiger partial charge is 0.446 e. The number of nitriles is 1. The van der Waals surface area contributed by atoms with Crippen LogP contribution >= 0.6 is 11.8 Å². The van der Waals surface area contributed by atoms with Gasteiger partial charge >= 0.3 is 5.51 Å². The van der Waals surface area contributed by atoms with Crippen molar-refractivity contribution in [3.8, 4) is 6.07 Å². The van der Waals surface area contributed by atoms with Crippen LogP contribution in [0.2, 0.25) is 0 Å². The highest BCUT2D eigenvalue weighted by Gasteiger charge is 2.28. The molecule has 0 aromatic heterocycles. The van der Waals surface area contributed by atoms with Crippen LogP contribution in [0.4, 0.5) is 13.2 Å². The van der Waals surface area contributed by atoms with Crippen LogP contribution in [0.1, 0.15) is 19.4 Å². The van der Waals surface area contributed by atoms with Crippen LogP contribution < -0.4 is 5.32 Å². The molecule has 0 aliphatic carbocycles. The zero-order chi connectivity index (χ0) is 14.5. The fourth-order valence-corrected chi connectivity index (χ4v) is 1.91. The molecule has 0 bridgehead atoms. The maximum Gasteiger partial charge on any atom is 0.446 e. The van der Waals surface area contributed by atoms with Crippen molar-refractivity contribution in [3.05, 3.63) is 29.8 Å². The van der Waals surface area contributed by atoms with Crippen molar-refractivity contribution in [1.82, 2.24) is 5.32 Å². The second-order valence-electron chi connectivity index (χ2n) is 4.79. The summed E-state index contributed by atoms with van der Waals surface area (Å²) in [4.78, 5) is 0.175. The third kappa shape index (κ3) is 6.50. The van der Waals surface area contributed by atoms with Crippen LogP contribution in [0.15, 0.2) is 29.2 Å². The highest BCUT2D eigenvalue weighted by molar-refractivity contribution is 8.00. The van der Waals surface area contributed by atoms with E-state index in [1.807, 2.05) is 13.8 Å². The monoisotopic (exact) mass is 288 g/mol. The lowest BCUT2D eigenvalue weighted by atomic mass is 9.96. The molecule has 1 aromatic carbocycles. The molecule has 1 N–H and O–H groups in total. The molecular formula is C13H15F3N2S. The first-order valence-electron chi connectivity index (χ1n) is 5.68. The van der Waals surface area contributed by atoms with Crippen molar-refractivity contribution >= 4 is 11.8 Å². The number of alkyl halides is 3. The summed E-state index contributed by atoms with van der Waals surface area (Å²) in [6.07, 6.45) is 0. The Morgan fingerprint density at radius 1 is 1.21 bits per heavy atom. The van der Waals surface area contributed by atoms with Crippen molar-refractivity contribution in [2.45, 2.75) is 30.8 Å². The van der Waals surface area contributed by atoms with Crippen LogP contribution in [-0.4, -0.2) is 12.1 Å². The Labute approximate surface area is 115 Å². The fraction of sp³-hybridized carbons (Fsp3) is 0.462. The van der Waals surface area contributed by atoms with E-state index in [9.17, 15) is 13.2 Å². The van der Waals surface area contributed by atoms with E-state index in [1.165, 1.54) is 12.1 Å². The van der Waals surface area contributed by atoms with E-state index in [-0.39, 0.29) is 16.7 Å². The number of hydrogen-bond acceptors (Lipinski definition) is 3. The molecule has 0 saturated heterocycles. The SMILES string of the molecule is CC(C)(C#N)CNCc1ccc(SC(F)(F)F)cc1. The third-order valence-electron chi connectivity index (χ3n) is 2.36. The zero-order valence-electron chi connectivity index (χ0n) is 10.7. The van der Waals surface area contributed by atoms with E-state index in [4.69, 9.17) is 5.26 Å². The summed E-state index contributed by atoms with van der Waals surface area (Å²) in [5, 5.41) is 11.9. The van der Waals surface area contributed by atoms with Crippen LogP contribution in [0.25, 0.3) is 0 Å². The van der Waals surface area contributed by atoms with Crippen LogP contribution in [0.3, 0.4) is 0 Å². The predicted molar refractivity (Wildman–Crippen MR) is 69.5 cm³/mol. The van der Waals surface area contributed by atoms with E-state index in [1.54, 1.807) is 12.1 Å². The predicted octanol–water partition coefficient (Wildman–Crippen LogP) is 3.94. The van der Waals surface area contributed by atoms with Gasteiger partial charge in [0.15, 0.2) is 0 Å². The molecular weight excluding hydrogens is 273 g/mol. The minimum Gasteiger partial charge on any atom is -0.311 e. The molecule has 0 aliphatic heterocycles. The van der Waals surface area contributed by atoms with Crippen LogP contribution in [-0.2, 0) is 6.54 Å². The molecule has 104 valence electrons. The summed E-state index contributed by atoms with van der Waals surface area (Å²) >= 11 is -0.122. The van der Waals surface area contributed by atoms with Crippen LogP contribution in [0, 0.1) is 16.7 Å². The summed E-state index contributed by atoms with van der Waals surface area (Å²) in [5.74, 6) is 0. The maximum absolute atomic E-state index is 12.1. The second kappa shape index (κ2) is 6.31. The number of thioether (sulfide) groups is 1. The standard InChI is InChI=1S/C13H15F3N2S/c1-12(2,8-17)9-18-7-10-3-5-11(6-4-10)19-13(14,15)16/h3-6,18H,7,9H2,1-2H3. The second-order valence-corrected chi connectivity index (χ2v) is 5.93. The number of nitrogens with zero attached hydrogens (tertiary/aromatic N) is 1. The van der Waals surface area contributed by atoms with Crippen LogP contribution in [0.5, 0.6) is 0 Å². The van der Waals surface area contributed by atoms with Crippen molar-refractivity contribution in [2.75, 3.05) is 6.54 Å². The van der Waals surface area contributed by atoms with E-state index < -0.39 is 10.9 Å². The Kier molecular flexibility index (Phi) is 5.27. The summed E-state index contributed by atoms with van der Waals surface area (Å²) in [6, 6.07) is 8.38. The number of rotatable bonds is 5. The maximum atomic E-state index is 12.1. The lowest BCUT2D eigenvalue weighted by Gasteiger charge is -2.15. The summed E-state index contributed by atoms with van der Waals surface area (Å²) in [6.45, 7) is 4.71. The molecule has 1 aromatic rings. The summed E-state index contributed by atoms with van der Waals surface area (Å²) in [5.41, 5.74) is -3.82. The lowest BCUT2D eigenvalue weighted by molar-refractivity contribution is -0.0328. The van der Waals surface area contributed by atoms with E-state index >= 15 is 0 Å². The van der Waals surface area contributed by atoms with Gasteiger partial charge in [0.1, 0.15) is 0 Å². The van der Waals surface area contributed by atoms with Crippen molar-refractivity contribution < 1.29 is 13.2 Å². The normalized spacial score (nSPS) is 12.2. The minimum atomic E-state index is -4.25. The first kappa shape index (κ1) is 15.9. The lowest BCUT2D eigenvalue weighted by Crippen LogP contribution is -2.27. The van der Waals surface area contributed by atoms with Gasteiger partial charge in [-0.2, -0.15) is 18.4 Å². The molecule has 6 heteroatoms. The van der Waals surface area contributed by atoms with Gasteiger partial charge in [-0.3, -0.25) is 0 Å². The number of benzene rings is 1. The zero-order valence-corrected chi connectivity index (χ0v) is 11.5. The van der Waals surface area contributed by atoms with Crippen molar-refractivity contribution in [3.63, 3.8) is 0 Å². The molecule has 0 aliphatic rings. The highest BCUT2D eigenvalue weighted by Crippen LogP contribution is 2.36. The molecule has 0 atom stereocenters. The first-order valence-corrected chi connectivity index (χ1v) is 6.50. The Morgan fingerprint density at radius 2 is 1.79 bits per heavy atom. The van der Waals surface area contributed by atoms with Gasteiger partial charge in [-0.05, 0) is 43.3 Å². The fourth-order valence-electron chi connectivity index (χ4n) is 1.37. The van der Waals surface area contributed by atoms with Gasteiger partial charge < -0.3 is 5.32 Å². The Morgan fingerprint density at radius 3 is 2.26 bits per heavy atom. The molecule has 0 amide bonds. The van der Waals surface area contributed by atoms with Gasteiger partial charge in [0.25, 0.3) is 0 Å². The molecule has 0 heterocycles. The Bertz CT molecular complexity index is 446. The number of halogens is 3. The number of nitrogens with one attached hydrogen (secondary N) is 1. The van der Waals surface area contributed by atoms with E-state index in [0.717, 1.165) is 5.56 Å². The Hall–Kier alpha value is -1.19. The average Bonchev–Trinajstić information content (AvgIpc) is 2.29. The molecule has 0 fully saturated rings. The summed E-state index contributed by atoms with van der Waals surface area (Å²) < 4.78 is 36.4. The van der Waals surface area contributed by atoms with Crippen molar-refractivity contribution in [2.24, 2.45) is 5.41 Å². The van der Waals surface area contributed by atoms with Gasteiger partial charge in [-0.15, -0.1) is 0 Å². The van der Waals surface area contributed by atoms with Gasteiger partial charge in [0.2, 0.25) is 0 Å². The van der Waals surface area contributed by atoms with Gasteiger partial charge in [-0.25, -0.2) is 0 Å². The van der Waals surface area contributed by atoms with Gasteiger partial charge in [0.05, 0.1) is 11.5 Å². The Balaban J connectivity index is 2.47. The molecule has 0 saturated carbocycles. The number of hydrogen-bond donors (Lipinski definition) is 1. The molecule has 1 rings (SSSR count). The first-order chi connectivity index (χ1) is 8.72. The van der Waals surface area contributed by atoms with Gasteiger partial charge in [-0.1, -0.05) is 12.1 Å². The van der Waals surface area contributed by atoms with E-state index in [0.29, 0.717) is 13.1 Å². The minimum absolute atomic E-state index is 0.122. The summed E-state index contributed by atoms with van der Waals surface area (Å²) in [7, 11) is 0. The molecule has 0 radical (unpaired) electrons. The smallest absolute Gasteiger partial charge is 0.311 e. The topological polar surface area (TPSA) is 35.8 Å². The molecule has 2 nitrogen and oxygen atoms in total. The highest BCUT2D eigenvalue weighted by atomic mass is 32.2. The van der Waals surface area contributed by atoms with E-state index in [2.05, 4.69) is 11.4 Å². The molecule has 0 unspecified atom stereocenters. The quantitative estimate of drug-likeness (QED) is 0.834. The average molecular weight is 288 g/mol. The molecule has 19 heavy (non-hydrogen) atoms. The van der Waals surface area contributed by atoms with Gasteiger partial charge in [0, 0.05) is 18.0 Å². The third-order valence-corrected chi connectivity index (χ3v) is 3.09. The van der Waals surface area contributed by atoms with Crippen molar-refractivity contribution in [1.29, 1.82) is 5.26 Å².